The number of carbonyl (C=O) groups excluding carboxylic acids is 2. The van der Waals surface area contributed by atoms with Crippen molar-refractivity contribution in [2.75, 3.05) is 26.4 Å². The molecule has 0 aromatic carbocycles. The molecule has 0 aliphatic heterocycles. The van der Waals surface area contributed by atoms with Crippen LogP contribution in [0.25, 0.3) is 0 Å². The van der Waals surface area contributed by atoms with E-state index in [4.69, 9.17) is 24.3 Å². The lowest BCUT2D eigenvalue weighted by Gasteiger charge is -2.19. The van der Waals surface area contributed by atoms with Gasteiger partial charge in [-0.1, -0.05) is 167 Å². The monoisotopic (exact) mass is 812 g/mol. The Morgan fingerprint density at radius 1 is 0.544 bits per heavy atom. The molecule has 0 saturated carbocycles. The minimum Gasteiger partial charge on any atom is -0.462 e. The summed E-state index contributed by atoms with van der Waals surface area (Å²) in [7, 11) is -4.41. The zero-order valence-corrected chi connectivity index (χ0v) is 35.9. The summed E-state index contributed by atoms with van der Waals surface area (Å²) in [6.07, 6.45) is 56.7. The molecule has 0 aliphatic rings. The maximum atomic E-state index is 12.5. The highest BCUT2D eigenvalue weighted by molar-refractivity contribution is 7.47. The van der Waals surface area contributed by atoms with E-state index < -0.39 is 32.5 Å². The molecule has 320 valence electrons. The van der Waals surface area contributed by atoms with Crippen molar-refractivity contribution in [3.63, 3.8) is 0 Å². The van der Waals surface area contributed by atoms with Gasteiger partial charge in [0, 0.05) is 19.4 Å². The topological polar surface area (TPSA) is 134 Å². The van der Waals surface area contributed by atoms with Crippen LogP contribution in [0.5, 0.6) is 0 Å². The SMILES string of the molecule is CC/C=C/C=C/C=C/C=C/C=C/CCCC(=O)OC(COC(=O)CCCCCCCCC/C=C/C/C=C/C/C=C/C/C=C/C/C=C/CC)COP(=O)(O)OCCN. The molecule has 0 spiro atoms. The van der Waals surface area contributed by atoms with Gasteiger partial charge >= 0.3 is 19.8 Å². The standard InChI is InChI=1S/C47H74NO8P/c1-3-5-7-9-11-13-15-17-18-19-20-21-22-23-24-25-26-28-29-31-33-35-37-39-46(49)53-43-45(44-55-57(51,52)54-42-41-48)56-47(50)40-38-36-34-32-30-27-16-14-12-10-8-6-4-2/h5-8,10-14,16-18,20-21,23-24,27,30,32,34,45H,3-4,9,15,19,22,25-26,28-29,31,33,35-44,48H2,1-2H3,(H,51,52)/b7-5+,8-6+,12-10+,13-11+,16-14+,18-17+,21-20+,24-23+,30-27+,34-32+. The number of allylic oxidation sites excluding steroid dienone is 20. The Bertz CT molecular complexity index is 1340. The van der Waals surface area contributed by atoms with E-state index in [-0.39, 0.29) is 32.6 Å². The Labute approximate surface area is 345 Å². The predicted molar refractivity (Wildman–Crippen MR) is 237 cm³/mol. The van der Waals surface area contributed by atoms with Crippen molar-refractivity contribution >= 4 is 19.8 Å². The quantitative estimate of drug-likeness (QED) is 0.0207. The van der Waals surface area contributed by atoms with E-state index in [1.807, 2.05) is 54.7 Å². The van der Waals surface area contributed by atoms with Crippen LogP contribution in [0.4, 0.5) is 0 Å². The first kappa shape index (κ1) is 53.4. The van der Waals surface area contributed by atoms with Gasteiger partial charge in [-0.2, -0.15) is 0 Å². The van der Waals surface area contributed by atoms with Crippen LogP contribution in [-0.2, 0) is 32.7 Å². The molecule has 0 rings (SSSR count). The van der Waals surface area contributed by atoms with E-state index in [0.717, 1.165) is 64.2 Å². The molecule has 0 amide bonds. The number of hydrogen-bond acceptors (Lipinski definition) is 8. The van der Waals surface area contributed by atoms with Crippen molar-refractivity contribution in [2.45, 2.75) is 136 Å². The molecule has 0 bridgehead atoms. The van der Waals surface area contributed by atoms with Crippen LogP contribution < -0.4 is 5.73 Å². The fourth-order valence-electron chi connectivity index (χ4n) is 4.92. The maximum absolute atomic E-state index is 12.5. The molecule has 0 aliphatic carbocycles. The van der Waals surface area contributed by atoms with Crippen molar-refractivity contribution in [2.24, 2.45) is 5.73 Å². The van der Waals surface area contributed by atoms with E-state index >= 15 is 0 Å². The van der Waals surface area contributed by atoms with Crippen molar-refractivity contribution in [1.29, 1.82) is 0 Å². The molecule has 0 heterocycles. The van der Waals surface area contributed by atoms with Gasteiger partial charge in [-0.25, -0.2) is 4.57 Å². The number of esters is 2. The number of phosphoric acid groups is 1. The smallest absolute Gasteiger partial charge is 0.462 e. The third-order valence-electron chi connectivity index (χ3n) is 7.97. The summed E-state index contributed by atoms with van der Waals surface area (Å²) in [5.74, 6) is -0.944. The molecular weight excluding hydrogens is 737 g/mol. The Hall–Kier alpha value is -3.59. The van der Waals surface area contributed by atoms with Gasteiger partial charge in [-0.3, -0.25) is 18.6 Å². The van der Waals surface area contributed by atoms with Crippen LogP contribution in [0.2, 0.25) is 0 Å². The van der Waals surface area contributed by atoms with Crippen molar-refractivity contribution in [3.05, 3.63) is 122 Å². The van der Waals surface area contributed by atoms with Crippen LogP contribution in [-0.4, -0.2) is 49.3 Å². The molecule has 0 fully saturated rings. The molecule has 2 unspecified atom stereocenters. The van der Waals surface area contributed by atoms with Gasteiger partial charge in [0.2, 0.25) is 0 Å². The second kappa shape index (κ2) is 42.0. The molecule has 0 aromatic rings. The summed E-state index contributed by atoms with van der Waals surface area (Å²) in [4.78, 5) is 34.8. The van der Waals surface area contributed by atoms with Crippen LogP contribution in [0, 0.1) is 0 Å². The second-order valence-electron chi connectivity index (χ2n) is 13.2. The van der Waals surface area contributed by atoms with Crippen LogP contribution in [0.1, 0.15) is 129 Å². The zero-order chi connectivity index (χ0) is 41.8. The van der Waals surface area contributed by atoms with E-state index in [9.17, 15) is 19.0 Å². The predicted octanol–water partition coefficient (Wildman–Crippen LogP) is 12.2. The van der Waals surface area contributed by atoms with Crippen LogP contribution in [0.15, 0.2) is 122 Å². The third kappa shape index (κ3) is 41.9. The summed E-state index contributed by atoms with van der Waals surface area (Å²) in [5.41, 5.74) is 5.33. The van der Waals surface area contributed by atoms with Gasteiger partial charge < -0.3 is 20.1 Å². The lowest BCUT2D eigenvalue weighted by atomic mass is 10.1. The average molecular weight is 812 g/mol. The zero-order valence-electron chi connectivity index (χ0n) is 35.0. The normalized spacial score (nSPS) is 14.5. The van der Waals surface area contributed by atoms with Gasteiger partial charge in [0.25, 0.3) is 0 Å². The van der Waals surface area contributed by atoms with Crippen molar-refractivity contribution < 1.29 is 37.6 Å². The number of rotatable bonds is 37. The van der Waals surface area contributed by atoms with Gasteiger partial charge in [0.15, 0.2) is 6.10 Å². The highest BCUT2D eigenvalue weighted by Crippen LogP contribution is 2.43. The number of nitrogens with two attached hydrogens (primary N) is 1. The van der Waals surface area contributed by atoms with Gasteiger partial charge in [-0.05, 0) is 70.6 Å². The van der Waals surface area contributed by atoms with Crippen molar-refractivity contribution in [3.8, 4) is 0 Å². The molecule has 3 N–H and O–H groups in total. The molecule has 9 nitrogen and oxygen atoms in total. The highest BCUT2D eigenvalue weighted by atomic mass is 31.2. The Kier molecular flexibility index (Phi) is 39.4. The minimum atomic E-state index is -4.41. The highest BCUT2D eigenvalue weighted by Gasteiger charge is 2.25. The Morgan fingerprint density at radius 2 is 1.02 bits per heavy atom. The lowest BCUT2D eigenvalue weighted by molar-refractivity contribution is -0.161. The number of carbonyl (C=O) groups is 2. The molecule has 2 atom stereocenters. The maximum Gasteiger partial charge on any atom is 0.472 e. The van der Waals surface area contributed by atoms with Gasteiger partial charge in [0.05, 0.1) is 13.2 Å². The number of hydrogen-bond donors (Lipinski definition) is 2. The van der Waals surface area contributed by atoms with Crippen molar-refractivity contribution in [1.82, 2.24) is 0 Å². The second-order valence-corrected chi connectivity index (χ2v) is 14.7. The average Bonchev–Trinajstić information content (AvgIpc) is 3.20. The molecule has 57 heavy (non-hydrogen) atoms. The number of unbranched alkanes of at least 4 members (excludes halogenated alkanes) is 8. The van der Waals surface area contributed by atoms with Gasteiger partial charge in [-0.15, -0.1) is 0 Å². The van der Waals surface area contributed by atoms with E-state index in [0.29, 0.717) is 19.3 Å². The summed E-state index contributed by atoms with van der Waals surface area (Å²) in [5, 5.41) is 0. The molecule has 0 aromatic heterocycles. The number of ether oxygens (including phenoxy) is 2. The first-order valence-electron chi connectivity index (χ1n) is 21.1. The van der Waals surface area contributed by atoms with E-state index in [1.165, 1.54) is 19.3 Å². The summed E-state index contributed by atoms with van der Waals surface area (Å²) >= 11 is 0. The molecule has 0 radical (unpaired) electrons. The van der Waals surface area contributed by atoms with Crippen LogP contribution >= 0.6 is 7.82 Å². The fraction of sp³-hybridized carbons (Fsp3) is 0.532. The van der Waals surface area contributed by atoms with E-state index in [2.05, 4.69) is 80.7 Å². The van der Waals surface area contributed by atoms with Crippen LogP contribution in [0.3, 0.4) is 0 Å². The summed E-state index contributed by atoms with van der Waals surface area (Å²) < 4.78 is 32.6. The fourth-order valence-corrected chi connectivity index (χ4v) is 5.69. The largest absolute Gasteiger partial charge is 0.472 e. The Morgan fingerprint density at radius 3 is 1.60 bits per heavy atom. The third-order valence-corrected chi connectivity index (χ3v) is 8.96. The first-order chi connectivity index (χ1) is 27.8. The lowest BCUT2D eigenvalue weighted by Crippen LogP contribution is -2.29. The summed E-state index contributed by atoms with van der Waals surface area (Å²) in [6.45, 7) is 3.33. The molecule has 0 saturated heterocycles. The van der Waals surface area contributed by atoms with E-state index in [1.54, 1.807) is 0 Å². The molecule has 10 heteroatoms. The molecular formula is C47H74NO8P. The Balaban J connectivity index is 4.25. The summed E-state index contributed by atoms with van der Waals surface area (Å²) in [6, 6.07) is 0. The number of phosphoric ester groups is 1. The minimum absolute atomic E-state index is 0.0327. The van der Waals surface area contributed by atoms with Gasteiger partial charge in [0.1, 0.15) is 6.61 Å². The first-order valence-corrected chi connectivity index (χ1v) is 22.6.